The van der Waals surface area contributed by atoms with Crippen LogP contribution in [0.15, 0.2) is 31.1 Å². The summed E-state index contributed by atoms with van der Waals surface area (Å²) in [6.07, 6.45) is 5.43. The van der Waals surface area contributed by atoms with E-state index in [1.165, 1.54) is 12.5 Å². The number of pyridine rings is 1. The number of aromatic nitrogens is 4. The zero-order chi connectivity index (χ0) is 14.5. The second-order valence-corrected chi connectivity index (χ2v) is 4.83. The summed E-state index contributed by atoms with van der Waals surface area (Å²) in [5.74, 6) is -0.685. The average Bonchev–Trinajstić information content (AvgIpc) is 2.90. The molecule has 0 aromatic carbocycles. The van der Waals surface area contributed by atoms with Gasteiger partial charge in [0.1, 0.15) is 18.5 Å². The molecule has 0 spiro atoms. The largest absolute Gasteiger partial charge is 0.347 e. The van der Waals surface area contributed by atoms with Crippen LogP contribution in [-0.2, 0) is 6.54 Å². The lowest BCUT2D eigenvalue weighted by Crippen LogP contribution is -2.41. The van der Waals surface area contributed by atoms with Crippen LogP contribution < -0.4 is 5.32 Å². The molecule has 1 amide bonds. The molecular weight excluding hydrogens is 261 g/mol. The van der Waals surface area contributed by atoms with Crippen LogP contribution in [0.1, 0.15) is 24.2 Å². The van der Waals surface area contributed by atoms with Gasteiger partial charge in [0.15, 0.2) is 0 Å². The van der Waals surface area contributed by atoms with E-state index < -0.39 is 5.82 Å². The molecule has 2 rings (SSSR count). The maximum atomic E-state index is 13.1. The Morgan fingerprint density at radius 2 is 2.20 bits per heavy atom. The smallest absolute Gasteiger partial charge is 0.253 e. The Balaban J connectivity index is 2.06. The van der Waals surface area contributed by atoms with Crippen LogP contribution in [0.3, 0.4) is 0 Å². The van der Waals surface area contributed by atoms with Gasteiger partial charge >= 0.3 is 0 Å². The van der Waals surface area contributed by atoms with Crippen LogP contribution in [0, 0.1) is 11.7 Å². The van der Waals surface area contributed by atoms with Crippen LogP contribution >= 0.6 is 0 Å². The molecule has 0 aliphatic carbocycles. The van der Waals surface area contributed by atoms with Gasteiger partial charge in [0.2, 0.25) is 0 Å². The number of rotatable bonds is 5. The molecule has 0 radical (unpaired) electrons. The molecule has 2 heterocycles. The van der Waals surface area contributed by atoms with Crippen molar-refractivity contribution in [2.24, 2.45) is 5.92 Å². The highest BCUT2D eigenvalue weighted by atomic mass is 19.1. The molecule has 0 bridgehead atoms. The Bertz CT molecular complexity index is 570. The van der Waals surface area contributed by atoms with Crippen LogP contribution in [0.2, 0.25) is 0 Å². The van der Waals surface area contributed by atoms with E-state index >= 15 is 0 Å². The topological polar surface area (TPSA) is 72.7 Å². The van der Waals surface area contributed by atoms with Gasteiger partial charge in [0.05, 0.1) is 24.3 Å². The maximum absolute atomic E-state index is 13.1. The number of carbonyl (C=O) groups excluding carboxylic acids is 1. The fourth-order valence-corrected chi connectivity index (χ4v) is 1.74. The lowest BCUT2D eigenvalue weighted by atomic mass is 10.0. The van der Waals surface area contributed by atoms with Crippen molar-refractivity contribution in [3.8, 4) is 0 Å². The molecule has 2 aromatic rings. The third-order valence-electron chi connectivity index (χ3n) is 2.94. The van der Waals surface area contributed by atoms with E-state index in [4.69, 9.17) is 0 Å². The van der Waals surface area contributed by atoms with Crippen molar-refractivity contribution in [1.82, 2.24) is 25.1 Å². The highest BCUT2D eigenvalue weighted by Crippen LogP contribution is 2.07. The zero-order valence-electron chi connectivity index (χ0n) is 11.3. The molecule has 1 atom stereocenters. The summed E-state index contributed by atoms with van der Waals surface area (Å²) in [5.41, 5.74) is 0.203. The van der Waals surface area contributed by atoms with E-state index in [-0.39, 0.29) is 23.4 Å². The average molecular weight is 277 g/mol. The SMILES string of the molecule is CC(C)C(Cn1cncn1)NC(=O)c1cncc(F)c1. The highest BCUT2D eigenvalue weighted by molar-refractivity contribution is 5.94. The number of nitrogens with zero attached hydrogens (tertiary/aromatic N) is 4. The maximum Gasteiger partial charge on any atom is 0.253 e. The van der Waals surface area contributed by atoms with E-state index in [2.05, 4.69) is 20.4 Å². The summed E-state index contributed by atoms with van der Waals surface area (Å²) in [7, 11) is 0. The highest BCUT2D eigenvalue weighted by Gasteiger charge is 2.18. The predicted molar refractivity (Wildman–Crippen MR) is 70.3 cm³/mol. The molecule has 0 aliphatic rings. The number of halogens is 1. The summed E-state index contributed by atoms with van der Waals surface area (Å²) >= 11 is 0. The van der Waals surface area contributed by atoms with Crippen molar-refractivity contribution in [2.75, 3.05) is 0 Å². The molecule has 1 unspecified atom stereocenters. The minimum absolute atomic E-state index is 0.132. The lowest BCUT2D eigenvalue weighted by molar-refractivity contribution is 0.0918. The van der Waals surface area contributed by atoms with Crippen LogP contribution in [0.5, 0.6) is 0 Å². The molecule has 0 fully saturated rings. The van der Waals surface area contributed by atoms with Crippen molar-refractivity contribution in [3.05, 3.63) is 42.5 Å². The monoisotopic (exact) mass is 277 g/mol. The van der Waals surface area contributed by atoms with E-state index in [1.807, 2.05) is 13.8 Å². The van der Waals surface area contributed by atoms with Crippen LogP contribution in [0.4, 0.5) is 4.39 Å². The van der Waals surface area contributed by atoms with Crippen molar-refractivity contribution < 1.29 is 9.18 Å². The van der Waals surface area contributed by atoms with Gasteiger partial charge in [-0.15, -0.1) is 0 Å². The van der Waals surface area contributed by atoms with Gasteiger partial charge in [-0.3, -0.25) is 14.5 Å². The number of hydrogen-bond acceptors (Lipinski definition) is 4. The van der Waals surface area contributed by atoms with Crippen molar-refractivity contribution >= 4 is 5.91 Å². The minimum atomic E-state index is -0.532. The molecule has 6 nitrogen and oxygen atoms in total. The number of carbonyl (C=O) groups is 1. The Hall–Kier alpha value is -2.31. The third kappa shape index (κ3) is 3.59. The molecule has 20 heavy (non-hydrogen) atoms. The number of hydrogen-bond donors (Lipinski definition) is 1. The Kier molecular flexibility index (Phi) is 4.39. The Morgan fingerprint density at radius 3 is 2.80 bits per heavy atom. The van der Waals surface area contributed by atoms with E-state index in [1.54, 1.807) is 11.0 Å². The molecule has 0 saturated carbocycles. The van der Waals surface area contributed by atoms with Crippen molar-refractivity contribution in [3.63, 3.8) is 0 Å². The first-order valence-electron chi connectivity index (χ1n) is 6.30. The first kappa shape index (κ1) is 14.1. The molecule has 2 aromatic heterocycles. The minimum Gasteiger partial charge on any atom is -0.347 e. The number of nitrogens with one attached hydrogen (secondary N) is 1. The standard InChI is InChI=1S/C13H16FN5O/c1-9(2)12(6-19-8-16-7-17-19)18-13(20)10-3-11(14)5-15-4-10/h3-5,7-9,12H,6H2,1-2H3,(H,18,20). The molecular formula is C13H16FN5O. The third-order valence-corrected chi connectivity index (χ3v) is 2.94. The van der Waals surface area contributed by atoms with E-state index in [0.29, 0.717) is 6.54 Å². The second kappa shape index (κ2) is 6.23. The van der Waals surface area contributed by atoms with E-state index in [0.717, 1.165) is 12.3 Å². The first-order chi connectivity index (χ1) is 9.56. The number of amides is 1. The van der Waals surface area contributed by atoms with Crippen LogP contribution in [0.25, 0.3) is 0 Å². The summed E-state index contributed by atoms with van der Waals surface area (Å²) in [6.45, 7) is 4.49. The summed E-state index contributed by atoms with van der Waals surface area (Å²) < 4.78 is 14.7. The van der Waals surface area contributed by atoms with Gasteiger partial charge in [0, 0.05) is 6.20 Å². The van der Waals surface area contributed by atoms with Gasteiger partial charge < -0.3 is 5.32 Å². The van der Waals surface area contributed by atoms with Crippen molar-refractivity contribution in [2.45, 2.75) is 26.4 Å². The summed E-state index contributed by atoms with van der Waals surface area (Å²) in [6, 6.07) is 1.03. The second-order valence-electron chi connectivity index (χ2n) is 4.83. The molecule has 0 saturated heterocycles. The van der Waals surface area contributed by atoms with E-state index in [9.17, 15) is 9.18 Å². The molecule has 0 aliphatic heterocycles. The van der Waals surface area contributed by atoms with Crippen molar-refractivity contribution in [1.29, 1.82) is 0 Å². The van der Waals surface area contributed by atoms with Gasteiger partial charge in [-0.2, -0.15) is 5.10 Å². The lowest BCUT2D eigenvalue weighted by Gasteiger charge is -2.22. The van der Waals surface area contributed by atoms with Gasteiger partial charge in [-0.1, -0.05) is 13.8 Å². The normalized spacial score (nSPS) is 12.4. The fraction of sp³-hybridized carbons (Fsp3) is 0.385. The first-order valence-corrected chi connectivity index (χ1v) is 6.30. The molecule has 1 N–H and O–H groups in total. The van der Waals surface area contributed by atoms with Crippen LogP contribution in [-0.4, -0.2) is 31.7 Å². The predicted octanol–water partition coefficient (Wildman–Crippen LogP) is 1.27. The summed E-state index contributed by atoms with van der Waals surface area (Å²) in [4.78, 5) is 19.6. The molecule has 7 heteroatoms. The Morgan fingerprint density at radius 1 is 1.40 bits per heavy atom. The van der Waals surface area contributed by atoms with Gasteiger partial charge in [0.25, 0.3) is 5.91 Å². The summed E-state index contributed by atoms with van der Waals surface area (Å²) in [5, 5.41) is 6.88. The quantitative estimate of drug-likeness (QED) is 0.893. The Labute approximate surface area is 116 Å². The zero-order valence-corrected chi connectivity index (χ0v) is 11.3. The van der Waals surface area contributed by atoms with Gasteiger partial charge in [-0.25, -0.2) is 9.37 Å². The fourth-order valence-electron chi connectivity index (χ4n) is 1.74. The van der Waals surface area contributed by atoms with Gasteiger partial charge in [-0.05, 0) is 12.0 Å². The molecule has 106 valence electrons.